The third kappa shape index (κ3) is 7.33. The van der Waals surface area contributed by atoms with E-state index in [1.807, 2.05) is 12.1 Å². The molecule has 1 aromatic carbocycles. The predicted octanol–water partition coefficient (Wildman–Crippen LogP) is 2.44. The SMILES string of the molecule is CN=C(NCCNC(=O)c1cccnc1)NCC(c1ccccc1OC)N1CCCC1.I. The number of carbonyl (C=O) groups is 1. The first-order valence-electron chi connectivity index (χ1n) is 10.7. The Balaban J connectivity index is 0.00000363. The van der Waals surface area contributed by atoms with Gasteiger partial charge < -0.3 is 20.7 Å². The number of hydrogen-bond acceptors (Lipinski definition) is 5. The zero-order valence-electron chi connectivity index (χ0n) is 18.7. The minimum atomic E-state index is -0.136. The molecule has 1 atom stereocenters. The van der Waals surface area contributed by atoms with Crippen molar-refractivity contribution in [1.82, 2.24) is 25.8 Å². The van der Waals surface area contributed by atoms with Gasteiger partial charge >= 0.3 is 0 Å². The summed E-state index contributed by atoms with van der Waals surface area (Å²) in [5.74, 6) is 1.47. The van der Waals surface area contributed by atoms with Crippen LogP contribution in [0.3, 0.4) is 0 Å². The molecular formula is C23H33IN6O2. The Hall–Kier alpha value is -2.40. The molecule has 0 saturated carbocycles. The number of ether oxygens (including phenoxy) is 1. The van der Waals surface area contributed by atoms with Crippen LogP contribution in [0.2, 0.25) is 0 Å². The maximum absolute atomic E-state index is 12.1. The summed E-state index contributed by atoms with van der Waals surface area (Å²) < 4.78 is 5.61. The molecule has 1 aliphatic rings. The number of pyridine rings is 1. The van der Waals surface area contributed by atoms with Crippen LogP contribution in [0.25, 0.3) is 0 Å². The Morgan fingerprint density at radius 2 is 1.88 bits per heavy atom. The van der Waals surface area contributed by atoms with Gasteiger partial charge in [-0.3, -0.25) is 19.7 Å². The summed E-state index contributed by atoms with van der Waals surface area (Å²) in [4.78, 5) is 22.9. The number of likely N-dealkylation sites (tertiary alicyclic amines) is 1. The molecule has 3 N–H and O–H groups in total. The van der Waals surface area contributed by atoms with Gasteiger partial charge in [-0.2, -0.15) is 0 Å². The molecule has 174 valence electrons. The van der Waals surface area contributed by atoms with Gasteiger partial charge in [-0.1, -0.05) is 18.2 Å². The molecule has 0 bridgehead atoms. The molecular weight excluding hydrogens is 519 g/mol. The maximum atomic E-state index is 12.1. The number of guanidine groups is 1. The Kier molecular flexibility index (Phi) is 11.2. The number of methoxy groups -OCH3 is 1. The van der Waals surface area contributed by atoms with Crippen LogP contribution in [0.15, 0.2) is 53.8 Å². The van der Waals surface area contributed by atoms with Gasteiger partial charge in [0.1, 0.15) is 5.75 Å². The van der Waals surface area contributed by atoms with Gasteiger partial charge in [0.05, 0.1) is 18.7 Å². The van der Waals surface area contributed by atoms with Crippen LogP contribution in [0.1, 0.15) is 34.8 Å². The highest BCUT2D eigenvalue weighted by atomic mass is 127. The van der Waals surface area contributed by atoms with E-state index in [0.717, 1.165) is 18.8 Å². The van der Waals surface area contributed by atoms with E-state index in [4.69, 9.17) is 4.74 Å². The van der Waals surface area contributed by atoms with E-state index in [1.54, 1.807) is 38.7 Å². The maximum Gasteiger partial charge on any atom is 0.252 e. The van der Waals surface area contributed by atoms with Gasteiger partial charge in [0, 0.05) is 44.6 Å². The van der Waals surface area contributed by atoms with Crippen LogP contribution in [0.5, 0.6) is 5.75 Å². The van der Waals surface area contributed by atoms with E-state index in [2.05, 4.69) is 43.0 Å². The predicted molar refractivity (Wildman–Crippen MR) is 138 cm³/mol. The second-order valence-electron chi connectivity index (χ2n) is 7.38. The number of nitrogens with zero attached hydrogens (tertiary/aromatic N) is 3. The van der Waals surface area contributed by atoms with Crippen molar-refractivity contribution in [1.29, 1.82) is 0 Å². The average Bonchev–Trinajstić information content (AvgIpc) is 3.36. The van der Waals surface area contributed by atoms with Crippen molar-refractivity contribution >= 4 is 35.8 Å². The van der Waals surface area contributed by atoms with E-state index < -0.39 is 0 Å². The first-order valence-corrected chi connectivity index (χ1v) is 10.7. The standard InChI is InChI=1S/C23H32N6O2.HI/c1-24-23(27-13-12-26-22(30)18-8-7-11-25-16-18)28-17-20(29-14-5-6-15-29)19-9-3-4-10-21(19)31-2;/h3-4,7-11,16,20H,5-6,12-15,17H2,1-2H3,(H,26,30)(H2,24,27,28);1H. The fourth-order valence-corrected chi connectivity index (χ4v) is 3.80. The normalized spacial score (nSPS) is 14.9. The number of halogens is 1. The Morgan fingerprint density at radius 1 is 1.12 bits per heavy atom. The number of nitrogens with one attached hydrogen (secondary N) is 3. The molecule has 8 nitrogen and oxygen atoms in total. The number of hydrogen-bond donors (Lipinski definition) is 3. The van der Waals surface area contributed by atoms with E-state index in [9.17, 15) is 4.79 Å². The lowest BCUT2D eigenvalue weighted by molar-refractivity contribution is 0.0954. The van der Waals surface area contributed by atoms with Gasteiger partial charge in [0.2, 0.25) is 0 Å². The van der Waals surface area contributed by atoms with Gasteiger partial charge in [-0.05, 0) is 44.1 Å². The molecule has 1 fully saturated rings. The summed E-state index contributed by atoms with van der Waals surface area (Å²) in [5, 5.41) is 9.58. The summed E-state index contributed by atoms with van der Waals surface area (Å²) >= 11 is 0. The Labute approximate surface area is 207 Å². The summed E-state index contributed by atoms with van der Waals surface area (Å²) in [5.41, 5.74) is 1.73. The molecule has 32 heavy (non-hydrogen) atoms. The number of amides is 1. The summed E-state index contributed by atoms with van der Waals surface area (Å²) in [6.45, 7) is 3.92. The molecule has 0 aliphatic carbocycles. The summed E-state index contributed by atoms with van der Waals surface area (Å²) in [6.07, 6.45) is 5.64. The highest BCUT2D eigenvalue weighted by Gasteiger charge is 2.26. The Morgan fingerprint density at radius 3 is 2.56 bits per heavy atom. The van der Waals surface area contributed by atoms with Crippen molar-refractivity contribution in [3.05, 3.63) is 59.9 Å². The van der Waals surface area contributed by atoms with Crippen molar-refractivity contribution in [2.24, 2.45) is 4.99 Å². The van der Waals surface area contributed by atoms with E-state index >= 15 is 0 Å². The zero-order valence-corrected chi connectivity index (χ0v) is 21.0. The molecule has 2 aromatic rings. The number of benzene rings is 1. The lowest BCUT2D eigenvalue weighted by Crippen LogP contribution is -2.44. The number of aliphatic imine (C=N–C) groups is 1. The van der Waals surface area contributed by atoms with Crippen molar-refractivity contribution in [3.63, 3.8) is 0 Å². The Bertz CT molecular complexity index is 859. The molecule has 2 heterocycles. The molecule has 9 heteroatoms. The summed E-state index contributed by atoms with van der Waals surface area (Å²) in [6, 6.07) is 11.9. The van der Waals surface area contributed by atoms with Crippen LogP contribution in [0, 0.1) is 0 Å². The van der Waals surface area contributed by atoms with Gasteiger partial charge in [0.25, 0.3) is 5.91 Å². The molecule has 0 spiro atoms. The first kappa shape index (κ1) is 25.9. The third-order valence-electron chi connectivity index (χ3n) is 5.39. The molecule has 1 aliphatic heterocycles. The lowest BCUT2D eigenvalue weighted by atomic mass is 10.0. The van der Waals surface area contributed by atoms with E-state index in [1.165, 1.54) is 18.4 Å². The van der Waals surface area contributed by atoms with Crippen molar-refractivity contribution in [3.8, 4) is 5.75 Å². The highest BCUT2D eigenvalue weighted by molar-refractivity contribution is 14.0. The van der Waals surface area contributed by atoms with Crippen LogP contribution in [0.4, 0.5) is 0 Å². The second-order valence-corrected chi connectivity index (χ2v) is 7.38. The molecule has 1 saturated heterocycles. The molecule has 1 unspecified atom stereocenters. The number of rotatable bonds is 9. The molecule has 0 radical (unpaired) electrons. The monoisotopic (exact) mass is 552 g/mol. The average molecular weight is 552 g/mol. The van der Waals surface area contributed by atoms with E-state index in [-0.39, 0.29) is 35.9 Å². The highest BCUT2D eigenvalue weighted by Crippen LogP contribution is 2.31. The van der Waals surface area contributed by atoms with Crippen molar-refractivity contribution < 1.29 is 9.53 Å². The summed E-state index contributed by atoms with van der Waals surface area (Å²) in [7, 11) is 3.46. The quantitative estimate of drug-likeness (QED) is 0.192. The molecule has 3 rings (SSSR count). The van der Waals surface area contributed by atoms with Gasteiger partial charge in [-0.25, -0.2) is 0 Å². The molecule has 1 amide bonds. The number of para-hydroxylation sites is 1. The fraction of sp³-hybridized carbons (Fsp3) is 0.435. The minimum absolute atomic E-state index is 0. The number of aromatic nitrogens is 1. The van der Waals surface area contributed by atoms with Crippen LogP contribution >= 0.6 is 24.0 Å². The lowest BCUT2D eigenvalue weighted by Gasteiger charge is -2.30. The van der Waals surface area contributed by atoms with E-state index in [0.29, 0.717) is 31.2 Å². The second kappa shape index (κ2) is 13.9. The van der Waals surface area contributed by atoms with Crippen LogP contribution in [-0.2, 0) is 0 Å². The van der Waals surface area contributed by atoms with Crippen molar-refractivity contribution in [2.75, 3.05) is 46.9 Å². The minimum Gasteiger partial charge on any atom is -0.496 e. The third-order valence-corrected chi connectivity index (χ3v) is 5.39. The molecule has 1 aromatic heterocycles. The van der Waals surface area contributed by atoms with Gasteiger partial charge in [0.15, 0.2) is 5.96 Å². The first-order chi connectivity index (χ1) is 15.2. The largest absolute Gasteiger partial charge is 0.496 e. The van der Waals surface area contributed by atoms with Gasteiger partial charge in [-0.15, -0.1) is 24.0 Å². The fourth-order valence-electron chi connectivity index (χ4n) is 3.80. The van der Waals surface area contributed by atoms with Crippen LogP contribution < -0.4 is 20.7 Å². The van der Waals surface area contributed by atoms with Crippen LogP contribution in [-0.4, -0.2) is 68.6 Å². The zero-order chi connectivity index (χ0) is 21.9. The number of carbonyl (C=O) groups excluding carboxylic acids is 1. The smallest absolute Gasteiger partial charge is 0.252 e. The van der Waals surface area contributed by atoms with Crippen molar-refractivity contribution in [2.45, 2.75) is 18.9 Å². The topological polar surface area (TPSA) is 90.9 Å².